The summed E-state index contributed by atoms with van der Waals surface area (Å²) in [5, 5.41) is 4.41. The second kappa shape index (κ2) is 6.79. The molecule has 19 heavy (non-hydrogen) atoms. The smallest absolute Gasteiger partial charge is 0.113 e. The Labute approximate surface area is 117 Å². The number of methoxy groups -OCH3 is 1. The van der Waals surface area contributed by atoms with Crippen molar-refractivity contribution >= 4 is 11.3 Å². The maximum Gasteiger partial charge on any atom is 0.113 e. The lowest BCUT2D eigenvalue weighted by Gasteiger charge is -2.00. The Balaban J connectivity index is 1.86. The van der Waals surface area contributed by atoms with Gasteiger partial charge in [-0.25, -0.2) is 9.97 Å². The first-order valence-electron chi connectivity index (χ1n) is 6.32. The Kier molecular flexibility index (Phi) is 5.07. The summed E-state index contributed by atoms with van der Waals surface area (Å²) >= 11 is 1.75. The molecule has 0 aromatic carbocycles. The molecule has 0 atom stereocenters. The van der Waals surface area contributed by atoms with E-state index in [1.165, 1.54) is 4.88 Å². The molecule has 0 spiro atoms. The van der Waals surface area contributed by atoms with Gasteiger partial charge in [0.1, 0.15) is 5.01 Å². The number of imidazole rings is 1. The maximum absolute atomic E-state index is 4.98. The average Bonchev–Trinajstić information content (AvgIpc) is 2.94. The molecule has 0 radical (unpaired) electrons. The Morgan fingerprint density at radius 3 is 2.95 bits per heavy atom. The predicted molar refractivity (Wildman–Crippen MR) is 76.5 cm³/mol. The third kappa shape index (κ3) is 4.12. The minimum atomic E-state index is 0.721. The number of hydrogen-bond donors (Lipinski definition) is 1. The number of aryl methyl sites for hydroxylation is 2. The van der Waals surface area contributed by atoms with Crippen molar-refractivity contribution in [3.05, 3.63) is 33.8 Å². The van der Waals surface area contributed by atoms with Gasteiger partial charge in [0.05, 0.1) is 30.9 Å². The standard InChI is InChI=1S/C13H20N4OS/c1-10-11(2)19-13(16-10)8-17-7-12(15-9-17)6-14-4-5-18-3/h7,9,14H,4-6,8H2,1-3H3. The zero-order chi connectivity index (χ0) is 13.7. The second-order valence-corrected chi connectivity index (χ2v) is 5.74. The van der Waals surface area contributed by atoms with Gasteiger partial charge in [-0.05, 0) is 13.8 Å². The summed E-state index contributed by atoms with van der Waals surface area (Å²) in [5.74, 6) is 0. The van der Waals surface area contributed by atoms with Crippen LogP contribution in [0, 0.1) is 13.8 Å². The Bertz CT molecular complexity index is 501. The molecule has 0 aliphatic heterocycles. The number of aromatic nitrogens is 3. The normalized spacial score (nSPS) is 11.1. The molecule has 0 aliphatic carbocycles. The topological polar surface area (TPSA) is 52.0 Å². The lowest BCUT2D eigenvalue weighted by atomic mass is 10.4. The zero-order valence-corrected chi connectivity index (χ0v) is 12.5. The van der Waals surface area contributed by atoms with E-state index in [1.807, 2.05) is 13.3 Å². The van der Waals surface area contributed by atoms with E-state index in [4.69, 9.17) is 4.74 Å². The first kappa shape index (κ1) is 14.2. The summed E-state index contributed by atoms with van der Waals surface area (Å²) in [4.78, 5) is 10.2. The van der Waals surface area contributed by atoms with Crippen LogP contribution < -0.4 is 5.32 Å². The van der Waals surface area contributed by atoms with Crippen molar-refractivity contribution < 1.29 is 4.74 Å². The number of rotatable bonds is 7. The van der Waals surface area contributed by atoms with E-state index in [0.717, 1.165) is 42.6 Å². The summed E-state index contributed by atoms with van der Waals surface area (Å²) in [6, 6.07) is 0. The molecule has 0 saturated heterocycles. The first-order chi connectivity index (χ1) is 9.19. The molecule has 0 bridgehead atoms. The molecule has 2 rings (SSSR count). The highest BCUT2D eigenvalue weighted by atomic mass is 32.1. The maximum atomic E-state index is 4.98. The van der Waals surface area contributed by atoms with Gasteiger partial charge in [0.25, 0.3) is 0 Å². The number of nitrogens with zero attached hydrogens (tertiary/aromatic N) is 3. The quantitative estimate of drug-likeness (QED) is 0.785. The van der Waals surface area contributed by atoms with Crippen LogP contribution in [-0.4, -0.2) is 34.8 Å². The van der Waals surface area contributed by atoms with Crippen LogP contribution in [0.1, 0.15) is 21.3 Å². The fourth-order valence-corrected chi connectivity index (χ4v) is 2.68. The molecule has 1 N–H and O–H groups in total. The molecule has 0 saturated carbocycles. The largest absolute Gasteiger partial charge is 0.383 e. The van der Waals surface area contributed by atoms with Crippen molar-refractivity contribution in [1.29, 1.82) is 0 Å². The van der Waals surface area contributed by atoms with Gasteiger partial charge < -0.3 is 14.6 Å². The molecule has 5 nitrogen and oxygen atoms in total. The van der Waals surface area contributed by atoms with Gasteiger partial charge >= 0.3 is 0 Å². The number of thiazole rings is 1. The lowest BCUT2D eigenvalue weighted by Crippen LogP contribution is -2.18. The Hall–Kier alpha value is -1.24. The summed E-state index contributed by atoms with van der Waals surface area (Å²) in [7, 11) is 1.70. The third-order valence-corrected chi connectivity index (χ3v) is 3.92. The van der Waals surface area contributed by atoms with Gasteiger partial charge in [0.15, 0.2) is 0 Å². The minimum absolute atomic E-state index is 0.721. The lowest BCUT2D eigenvalue weighted by molar-refractivity contribution is 0.199. The van der Waals surface area contributed by atoms with Crippen LogP contribution in [0.2, 0.25) is 0 Å². The molecule has 2 aromatic heterocycles. The van der Waals surface area contributed by atoms with Crippen LogP contribution in [-0.2, 0) is 17.8 Å². The molecule has 0 fully saturated rings. The molecule has 104 valence electrons. The Morgan fingerprint density at radius 2 is 2.26 bits per heavy atom. The van der Waals surface area contributed by atoms with Crippen molar-refractivity contribution in [3.8, 4) is 0 Å². The minimum Gasteiger partial charge on any atom is -0.383 e. The van der Waals surface area contributed by atoms with Crippen molar-refractivity contribution in [1.82, 2.24) is 19.9 Å². The summed E-state index contributed by atoms with van der Waals surface area (Å²) < 4.78 is 7.06. The zero-order valence-electron chi connectivity index (χ0n) is 11.6. The van der Waals surface area contributed by atoms with Gasteiger partial charge in [-0.1, -0.05) is 0 Å². The monoisotopic (exact) mass is 280 g/mol. The molecule has 0 aliphatic rings. The van der Waals surface area contributed by atoms with E-state index in [2.05, 4.69) is 33.0 Å². The van der Waals surface area contributed by atoms with E-state index in [-0.39, 0.29) is 0 Å². The second-order valence-electron chi connectivity index (χ2n) is 4.46. The summed E-state index contributed by atoms with van der Waals surface area (Å²) in [6.07, 6.45) is 3.92. The van der Waals surface area contributed by atoms with Gasteiger partial charge in [-0.15, -0.1) is 11.3 Å². The molecule has 2 aromatic rings. The number of hydrogen-bond acceptors (Lipinski definition) is 5. The van der Waals surface area contributed by atoms with E-state index >= 15 is 0 Å². The van der Waals surface area contributed by atoms with Crippen molar-refractivity contribution in [2.75, 3.05) is 20.3 Å². The Morgan fingerprint density at radius 1 is 1.42 bits per heavy atom. The molecule has 2 heterocycles. The number of ether oxygens (including phenoxy) is 1. The van der Waals surface area contributed by atoms with Gasteiger partial charge in [0.2, 0.25) is 0 Å². The van der Waals surface area contributed by atoms with Crippen molar-refractivity contribution in [2.45, 2.75) is 26.9 Å². The van der Waals surface area contributed by atoms with Gasteiger partial charge in [0, 0.05) is 31.3 Å². The third-order valence-electron chi connectivity index (χ3n) is 2.87. The van der Waals surface area contributed by atoms with Crippen LogP contribution >= 0.6 is 11.3 Å². The van der Waals surface area contributed by atoms with Crippen LogP contribution in [0.3, 0.4) is 0 Å². The van der Waals surface area contributed by atoms with Gasteiger partial charge in [-0.2, -0.15) is 0 Å². The SMILES string of the molecule is COCCNCc1cn(Cc2nc(C)c(C)s2)cn1. The molecular weight excluding hydrogens is 260 g/mol. The van der Waals surface area contributed by atoms with Crippen LogP contribution in [0.25, 0.3) is 0 Å². The predicted octanol–water partition coefficient (Wildman–Crippen LogP) is 1.74. The van der Waals surface area contributed by atoms with E-state index in [0.29, 0.717) is 0 Å². The van der Waals surface area contributed by atoms with E-state index in [9.17, 15) is 0 Å². The van der Waals surface area contributed by atoms with Crippen molar-refractivity contribution in [2.24, 2.45) is 0 Å². The molecular formula is C13H20N4OS. The molecule has 0 unspecified atom stereocenters. The fourth-order valence-electron chi connectivity index (χ4n) is 1.74. The fraction of sp³-hybridized carbons (Fsp3) is 0.538. The van der Waals surface area contributed by atoms with Crippen LogP contribution in [0.4, 0.5) is 0 Å². The highest BCUT2D eigenvalue weighted by Crippen LogP contribution is 2.17. The highest BCUT2D eigenvalue weighted by Gasteiger charge is 2.05. The van der Waals surface area contributed by atoms with E-state index < -0.39 is 0 Å². The number of nitrogens with one attached hydrogen (secondary N) is 1. The highest BCUT2D eigenvalue weighted by molar-refractivity contribution is 7.11. The average molecular weight is 280 g/mol. The first-order valence-corrected chi connectivity index (χ1v) is 7.14. The molecule has 6 heteroatoms. The van der Waals surface area contributed by atoms with Crippen LogP contribution in [0.5, 0.6) is 0 Å². The van der Waals surface area contributed by atoms with Crippen LogP contribution in [0.15, 0.2) is 12.5 Å². The van der Waals surface area contributed by atoms with Gasteiger partial charge in [-0.3, -0.25) is 0 Å². The summed E-state index contributed by atoms with van der Waals surface area (Å²) in [6.45, 7) is 7.28. The van der Waals surface area contributed by atoms with Crippen molar-refractivity contribution in [3.63, 3.8) is 0 Å². The van der Waals surface area contributed by atoms with E-state index in [1.54, 1.807) is 18.4 Å². The summed E-state index contributed by atoms with van der Waals surface area (Å²) in [5.41, 5.74) is 2.17. The molecule has 0 amide bonds.